The van der Waals surface area contributed by atoms with Crippen molar-refractivity contribution in [1.29, 1.82) is 0 Å². The fourth-order valence-corrected chi connectivity index (χ4v) is 5.63. The number of fused-ring (bicyclic) bond motifs is 2. The molecule has 4 aromatic rings. The van der Waals surface area contributed by atoms with Crippen molar-refractivity contribution in [3.05, 3.63) is 36.2 Å². The number of aromatic amines is 1. The number of aromatic nitrogens is 5. The highest BCUT2D eigenvalue weighted by Gasteiger charge is 2.28. The highest BCUT2D eigenvalue weighted by molar-refractivity contribution is 5.93. The van der Waals surface area contributed by atoms with Gasteiger partial charge in [-0.3, -0.25) is 0 Å². The van der Waals surface area contributed by atoms with E-state index >= 15 is 4.39 Å². The number of nitrogens with zero attached hydrogens (tertiary/aromatic N) is 5. The topological polar surface area (TPSA) is 92.6 Å². The molecular formula is C26H32FN7O2. The molecule has 0 aliphatic carbocycles. The fourth-order valence-electron chi connectivity index (χ4n) is 5.63. The van der Waals surface area contributed by atoms with E-state index in [2.05, 4.69) is 44.1 Å². The molecule has 10 heteroatoms. The van der Waals surface area contributed by atoms with Crippen LogP contribution in [0.15, 0.2) is 24.8 Å². The Morgan fingerprint density at radius 2 is 2.03 bits per heavy atom. The van der Waals surface area contributed by atoms with Gasteiger partial charge in [-0.05, 0) is 36.8 Å². The molecule has 2 N–H and O–H groups in total. The summed E-state index contributed by atoms with van der Waals surface area (Å²) in [6.45, 7) is 7.34. The van der Waals surface area contributed by atoms with Crippen molar-refractivity contribution in [3.63, 3.8) is 0 Å². The van der Waals surface area contributed by atoms with Gasteiger partial charge in [0.15, 0.2) is 23.0 Å². The lowest BCUT2D eigenvalue weighted by atomic mass is 9.96. The first kappa shape index (κ1) is 23.2. The summed E-state index contributed by atoms with van der Waals surface area (Å²) < 4.78 is 28.9. The lowest BCUT2D eigenvalue weighted by molar-refractivity contribution is 0.186. The molecule has 6 heterocycles. The van der Waals surface area contributed by atoms with Gasteiger partial charge >= 0.3 is 0 Å². The monoisotopic (exact) mass is 493 g/mol. The van der Waals surface area contributed by atoms with Crippen LogP contribution < -0.4 is 15.0 Å². The molecule has 0 amide bonds. The second kappa shape index (κ2) is 9.33. The molecule has 2 aliphatic rings. The van der Waals surface area contributed by atoms with Gasteiger partial charge in [0.25, 0.3) is 0 Å². The molecule has 190 valence electrons. The van der Waals surface area contributed by atoms with E-state index in [0.29, 0.717) is 40.2 Å². The predicted molar refractivity (Wildman–Crippen MR) is 136 cm³/mol. The minimum Gasteiger partial charge on any atom is -0.493 e. The second-order valence-corrected chi connectivity index (χ2v) is 10.1. The number of anilines is 1. The zero-order valence-corrected chi connectivity index (χ0v) is 20.9. The Kier molecular flexibility index (Phi) is 6.00. The molecule has 6 rings (SSSR count). The van der Waals surface area contributed by atoms with Crippen LogP contribution in [0.2, 0.25) is 0 Å². The van der Waals surface area contributed by atoms with E-state index in [1.807, 2.05) is 12.3 Å². The maximum Gasteiger partial charge on any atom is 0.197 e. The summed E-state index contributed by atoms with van der Waals surface area (Å²) >= 11 is 0. The predicted octanol–water partition coefficient (Wildman–Crippen LogP) is 3.89. The van der Waals surface area contributed by atoms with E-state index in [-0.39, 0.29) is 11.7 Å². The van der Waals surface area contributed by atoms with Gasteiger partial charge in [-0.1, -0.05) is 13.8 Å². The molecule has 0 saturated carbocycles. The number of rotatable bonds is 6. The van der Waals surface area contributed by atoms with Crippen LogP contribution in [0.1, 0.15) is 44.6 Å². The molecule has 1 atom stereocenters. The van der Waals surface area contributed by atoms with Crippen molar-refractivity contribution in [3.8, 4) is 17.0 Å². The van der Waals surface area contributed by atoms with Crippen LogP contribution in [0.3, 0.4) is 0 Å². The number of hydrogen-bond acceptors (Lipinski definition) is 7. The minimum atomic E-state index is -0.261. The number of ether oxygens (including phenoxy) is 2. The Balaban J connectivity index is 1.34. The van der Waals surface area contributed by atoms with Gasteiger partial charge in [-0.15, -0.1) is 0 Å². The third kappa shape index (κ3) is 3.98. The van der Waals surface area contributed by atoms with Crippen molar-refractivity contribution in [2.45, 2.75) is 51.1 Å². The van der Waals surface area contributed by atoms with Crippen molar-refractivity contribution in [2.75, 3.05) is 38.3 Å². The van der Waals surface area contributed by atoms with Gasteiger partial charge in [0.2, 0.25) is 0 Å². The van der Waals surface area contributed by atoms with Crippen LogP contribution in [0.4, 0.5) is 10.2 Å². The van der Waals surface area contributed by atoms with E-state index in [0.717, 1.165) is 62.4 Å². The van der Waals surface area contributed by atoms with Crippen LogP contribution in [0.5, 0.6) is 5.75 Å². The molecule has 0 radical (unpaired) electrons. The van der Waals surface area contributed by atoms with Crippen LogP contribution in [0, 0.1) is 5.82 Å². The quantitative estimate of drug-likeness (QED) is 0.421. The SMILES string of the molecule is COc1cc(-c2[nH]c3cnc(N4CCC(NC5CCOC5)CC4)c(F)c3c2C(C)C)cn2ncnc12. The van der Waals surface area contributed by atoms with E-state index in [9.17, 15) is 0 Å². The molecule has 9 nitrogen and oxygen atoms in total. The molecule has 2 saturated heterocycles. The van der Waals surface area contributed by atoms with Gasteiger partial charge in [-0.2, -0.15) is 5.10 Å². The molecule has 2 fully saturated rings. The summed E-state index contributed by atoms with van der Waals surface area (Å²) in [6.07, 6.45) is 8.13. The maximum atomic E-state index is 16.2. The average Bonchev–Trinajstić information content (AvgIpc) is 3.64. The third-order valence-electron chi connectivity index (χ3n) is 7.42. The fraction of sp³-hybridized carbons (Fsp3) is 0.500. The van der Waals surface area contributed by atoms with Gasteiger partial charge in [-0.25, -0.2) is 18.9 Å². The van der Waals surface area contributed by atoms with E-state index in [4.69, 9.17) is 9.47 Å². The molecule has 2 aliphatic heterocycles. The van der Waals surface area contributed by atoms with Gasteiger partial charge < -0.3 is 24.7 Å². The van der Waals surface area contributed by atoms with Crippen LogP contribution in [-0.2, 0) is 4.74 Å². The number of methoxy groups -OCH3 is 1. The van der Waals surface area contributed by atoms with Gasteiger partial charge in [0.1, 0.15) is 6.33 Å². The average molecular weight is 494 g/mol. The first-order valence-electron chi connectivity index (χ1n) is 12.7. The molecule has 36 heavy (non-hydrogen) atoms. The Labute approximate surface area is 209 Å². The summed E-state index contributed by atoms with van der Waals surface area (Å²) in [5, 5.41) is 8.59. The second-order valence-electron chi connectivity index (χ2n) is 10.1. The minimum absolute atomic E-state index is 0.0829. The van der Waals surface area contributed by atoms with Crippen LogP contribution in [-0.4, -0.2) is 70.1 Å². The molecular weight excluding hydrogens is 461 g/mol. The van der Waals surface area contributed by atoms with E-state index < -0.39 is 0 Å². The number of piperidine rings is 1. The van der Waals surface area contributed by atoms with E-state index in [1.54, 1.807) is 17.8 Å². The molecule has 0 aromatic carbocycles. The number of halogens is 1. The van der Waals surface area contributed by atoms with Crippen LogP contribution in [0.25, 0.3) is 27.8 Å². The van der Waals surface area contributed by atoms with Crippen LogP contribution >= 0.6 is 0 Å². The molecule has 1 unspecified atom stereocenters. The third-order valence-corrected chi connectivity index (χ3v) is 7.42. The largest absolute Gasteiger partial charge is 0.493 e. The Bertz CT molecular complexity index is 1380. The Hall–Kier alpha value is -3.24. The first-order chi connectivity index (χ1) is 17.5. The lowest BCUT2D eigenvalue weighted by Crippen LogP contribution is -2.46. The summed E-state index contributed by atoms with van der Waals surface area (Å²) in [7, 11) is 1.61. The zero-order valence-electron chi connectivity index (χ0n) is 20.9. The van der Waals surface area contributed by atoms with Crippen molar-refractivity contribution in [2.24, 2.45) is 0 Å². The normalized spacial score (nSPS) is 19.2. The summed E-state index contributed by atoms with van der Waals surface area (Å²) in [5.41, 5.74) is 3.94. The highest BCUT2D eigenvalue weighted by atomic mass is 19.1. The number of nitrogens with one attached hydrogen (secondary N) is 2. The summed E-state index contributed by atoms with van der Waals surface area (Å²) in [6, 6.07) is 2.79. The summed E-state index contributed by atoms with van der Waals surface area (Å²) in [5.74, 6) is 0.864. The Morgan fingerprint density at radius 1 is 1.19 bits per heavy atom. The van der Waals surface area contributed by atoms with E-state index in [1.165, 1.54) is 6.33 Å². The Morgan fingerprint density at radius 3 is 2.75 bits per heavy atom. The standard InChI is InChI=1S/C26H32FN7O2/c1-15(2)21-22-19(32-24(21)16-10-20(35-3)25-29-14-30-34(25)12-16)11-28-26(23(22)27)33-7-4-17(5-8-33)31-18-6-9-36-13-18/h10-12,14-15,17-18,31-32H,4-9,13H2,1-3H3. The van der Waals surface area contributed by atoms with Crippen molar-refractivity contribution in [1.82, 2.24) is 29.9 Å². The molecule has 4 aromatic heterocycles. The van der Waals surface area contributed by atoms with Crippen molar-refractivity contribution < 1.29 is 13.9 Å². The maximum absolute atomic E-state index is 16.2. The van der Waals surface area contributed by atoms with Gasteiger partial charge in [0, 0.05) is 48.9 Å². The summed E-state index contributed by atoms with van der Waals surface area (Å²) in [4.78, 5) is 14.3. The zero-order chi connectivity index (χ0) is 24.8. The van der Waals surface area contributed by atoms with Crippen molar-refractivity contribution >= 4 is 22.4 Å². The number of pyridine rings is 2. The lowest BCUT2D eigenvalue weighted by Gasteiger charge is -2.34. The number of H-pyrrole nitrogens is 1. The smallest absolute Gasteiger partial charge is 0.197 e. The first-order valence-corrected chi connectivity index (χ1v) is 12.7. The molecule has 0 spiro atoms. The highest BCUT2D eigenvalue weighted by Crippen LogP contribution is 2.40. The number of hydrogen-bond donors (Lipinski definition) is 2. The molecule has 0 bridgehead atoms. The van der Waals surface area contributed by atoms with Gasteiger partial charge in [0.05, 0.1) is 31.1 Å².